The van der Waals surface area contributed by atoms with Crippen LogP contribution in [-0.2, 0) is 0 Å². The van der Waals surface area contributed by atoms with Crippen molar-refractivity contribution in [2.75, 3.05) is 0 Å². The Balaban J connectivity index is 1.84. The molecule has 0 bridgehead atoms. The Morgan fingerprint density at radius 3 is 2.60 bits per heavy atom. The first-order valence-corrected chi connectivity index (χ1v) is 6.68. The molecule has 0 saturated carbocycles. The molecule has 0 fully saturated rings. The Hall–Kier alpha value is -2.60. The van der Waals surface area contributed by atoms with E-state index in [0.717, 1.165) is 15.8 Å². The van der Waals surface area contributed by atoms with Crippen LogP contribution in [0, 0.1) is 10.1 Å². The summed E-state index contributed by atoms with van der Waals surface area (Å²) in [5.74, 6) is 0. The zero-order chi connectivity index (χ0) is 13.9. The van der Waals surface area contributed by atoms with Gasteiger partial charge in [-0.15, -0.1) is 0 Å². The van der Waals surface area contributed by atoms with Crippen LogP contribution in [0.1, 0.15) is 5.56 Å². The Kier molecular flexibility index (Phi) is 3.22. The molecular weight excluding hydrogens is 274 g/mol. The number of fused-ring (bicyclic) bond motifs is 1. The van der Waals surface area contributed by atoms with E-state index in [4.69, 9.17) is 0 Å². The lowest BCUT2D eigenvalue weighted by molar-refractivity contribution is -0.384. The van der Waals surface area contributed by atoms with Crippen LogP contribution >= 0.6 is 11.3 Å². The topological polar surface area (TPSA) is 68.4 Å². The molecule has 0 aliphatic heterocycles. The van der Waals surface area contributed by atoms with Crippen molar-refractivity contribution in [2.24, 2.45) is 4.99 Å². The Morgan fingerprint density at radius 1 is 1.15 bits per heavy atom. The maximum Gasteiger partial charge on any atom is 0.269 e. The molecule has 1 heterocycles. The molecule has 0 unspecified atom stereocenters. The maximum absolute atomic E-state index is 10.6. The predicted octanol–water partition coefficient (Wildman–Crippen LogP) is 3.96. The summed E-state index contributed by atoms with van der Waals surface area (Å²) in [5.41, 5.74) is 1.80. The SMILES string of the molecule is O=[N+]([O-])c1ccc(/C=N/c2nc3ccccc3s2)cc1. The fourth-order valence-electron chi connectivity index (χ4n) is 1.73. The molecule has 0 aliphatic rings. The number of aromatic nitrogens is 1. The normalized spacial score (nSPS) is 11.2. The van der Waals surface area contributed by atoms with Crippen molar-refractivity contribution in [1.29, 1.82) is 0 Å². The summed E-state index contributed by atoms with van der Waals surface area (Å²) in [7, 11) is 0. The van der Waals surface area contributed by atoms with Gasteiger partial charge in [0, 0.05) is 18.3 Å². The third-order valence-corrected chi connectivity index (χ3v) is 3.65. The van der Waals surface area contributed by atoms with Crippen molar-refractivity contribution >= 4 is 38.6 Å². The largest absolute Gasteiger partial charge is 0.269 e. The van der Waals surface area contributed by atoms with E-state index in [1.807, 2.05) is 24.3 Å². The summed E-state index contributed by atoms with van der Waals surface area (Å²) in [6.07, 6.45) is 1.65. The molecule has 3 rings (SSSR count). The summed E-state index contributed by atoms with van der Waals surface area (Å²) in [4.78, 5) is 18.8. The highest BCUT2D eigenvalue weighted by atomic mass is 32.1. The minimum absolute atomic E-state index is 0.0714. The van der Waals surface area contributed by atoms with Crippen LogP contribution in [0.4, 0.5) is 10.8 Å². The zero-order valence-electron chi connectivity index (χ0n) is 10.3. The van der Waals surface area contributed by atoms with E-state index in [0.29, 0.717) is 5.13 Å². The lowest BCUT2D eigenvalue weighted by Gasteiger charge is -1.92. The van der Waals surface area contributed by atoms with Crippen LogP contribution in [0.15, 0.2) is 53.5 Å². The highest BCUT2D eigenvalue weighted by Gasteiger charge is 2.03. The summed E-state index contributed by atoms with van der Waals surface area (Å²) in [5, 5.41) is 11.2. The summed E-state index contributed by atoms with van der Waals surface area (Å²) >= 11 is 1.51. The van der Waals surface area contributed by atoms with Gasteiger partial charge in [-0.3, -0.25) is 10.1 Å². The third kappa shape index (κ3) is 2.55. The van der Waals surface area contributed by atoms with Crippen molar-refractivity contribution in [3.63, 3.8) is 0 Å². The predicted molar refractivity (Wildman–Crippen MR) is 80.0 cm³/mol. The quantitative estimate of drug-likeness (QED) is 0.415. The summed E-state index contributed by atoms with van der Waals surface area (Å²) in [6, 6.07) is 14.1. The van der Waals surface area contributed by atoms with Crippen LogP contribution in [-0.4, -0.2) is 16.1 Å². The average molecular weight is 283 g/mol. The number of para-hydroxylation sites is 1. The van der Waals surface area contributed by atoms with Gasteiger partial charge in [0.05, 0.1) is 15.1 Å². The molecule has 6 heteroatoms. The molecule has 0 N–H and O–H groups in total. The van der Waals surface area contributed by atoms with E-state index in [1.54, 1.807) is 18.3 Å². The van der Waals surface area contributed by atoms with E-state index >= 15 is 0 Å². The van der Waals surface area contributed by atoms with E-state index < -0.39 is 4.92 Å². The molecule has 5 nitrogen and oxygen atoms in total. The van der Waals surface area contributed by atoms with Crippen molar-refractivity contribution in [3.8, 4) is 0 Å². The Bertz CT molecular complexity index is 761. The van der Waals surface area contributed by atoms with Gasteiger partial charge in [0.15, 0.2) is 0 Å². The van der Waals surface area contributed by atoms with Crippen LogP contribution in [0.5, 0.6) is 0 Å². The molecule has 0 aliphatic carbocycles. The number of rotatable bonds is 3. The van der Waals surface area contributed by atoms with Gasteiger partial charge < -0.3 is 0 Å². The van der Waals surface area contributed by atoms with Crippen molar-refractivity contribution in [1.82, 2.24) is 4.98 Å². The molecule has 2 aromatic carbocycles. The lowest BCUT2D eigenvalue weighted by Crippen LogP contribution is -1.88. The second kappa shape index (κ2) is 5.18. The lowest BCUT2D eigenvalue weighted by atomic mass is 10.2. The highest BCUT2D eigenvalue weighted by Crippen LogP contribution is 2.27. The highest BCUT2D eigenvalue weighted by molar-refractivity contribution is 7.22. The first-order valence-electron chi connectivity index (χ1n) is 5.86. The minimum Gasteiger partial charge on any atom is -0.258 e. The van der Waals surface area contributed by atoms with Gasteiger partial charge >= 0.3 is 0 Å². The molecule has 98 valence electrons. The van der Waals surface area contributed by atoms with Crippen LogP contribution in [0.3, 0.4) is 0 Å². The van der Waals surface area contributed by atoms with E-state index in [2.05, 4.69) is 9.98 Å². The van der Waals surface area contributed by atoms with Gasteiger partial charge in [-0.1, -0.05) is 23.5 Å². The Labute approximate surface area is 118 Å². The number of benzene rings is 2. The number of hydrogen-bond acceptors (Lipinski definition) is 5. The number of hydrogen-bond donors (Lipinski definition) is 0. The molecular formula is C14H9N3O2S. The van der Waals surface area contributed by atoms with Crippen LogP contribution < -0.4 is 0 Å². The fourth-order valence-corrected chi connectivity index (χ4v) is 2.54. The minimum atomic E-state index is -0.422. The first kappa shape index (κ1) is 12.4. The number of nitro benzene ring substituents is 1. The second-order valence-electron chi connectivity index (χ2n) is 4.07. The maximum atomic E-state index is 10.6. The number of aliphatic imine (C=N–C) groups is 1. The summed E-state index contributed by atoms with van der Waals surface area (Å²) < 4.78 is 1.09. The van der Waals surface area contributed by atoms with Gasteiger partial charge in [0.2, 0.25) is 5.13 Å². The van der Waals surface area contributed by atoms with Gasteiger partial charge in [0.25, 0.3) is 5.69 Å². The van der Waals surface area contributed by atoms with E-state index in [-0.39, 0.29) is 5.69 Å². The zero-order valence-corrected chi connectivity index (χ0v) is 11.1. The molecule has 0 radical (unpaired) electrons. The molecule has 3 aromatic rings. The monoisotopic (exact) mass is 283 g/mol. The van der Waals surface area contributed by atoms with Gasteiger partial charge in [-0.25, -0.2) is 9.98 Å². The number of nitrogens with zero attached hydrogens (tertiary/aromatic N) is 3. The van der Waals surface area contributed by atoms with Crippen molar-refractivity contribution in [3.05, 3.63) is 64.2 Å². The molecule has 0 spiro atoms. The molecule has 1 aromatic heterocycles. The number of nitro groups is 1. The first-order chi connectivity index (χ1) is 9.72. The average Bonchev–Trinajstić information content (AvgIpc) is 2.88. The number of non-ortho nitro benzene ring substituents is 1. The van der Waals surface area contributed by atoms with E-state index in [1.165, 1.54) is 23.5 Å². The van der Waals surface area contributed by atoms with Crippen LogP contribution in [0.2, 0.25) is 0 Å². The molecule has 0 atom stereocenters. The third-order valence-electron chi connectivity index (χ3n) is 2.71. The summed E-state index contributed by atoms with van der Waals surface area (Å²) in [6.45, 7) is 0. The van der Waals surface area contributed by atoms with Crippen molar-refractivity contribution in [2.45, 2.75) is 0 Å². The van der Waals surface area contributed by atoms with E-state index in [9.17, 15) is 10.1 Å². The molecule has 0 amide bonds. The van der Waals surface area contributed by atoms with Crippen molar-refractivity contribution < 1.29 is 4.92 Å². The Morgan fingerprint density at radius 2 is 1.90 bits per heavy atom. The fraction of sp³-hybridized carbons (Fsp3) is 0. The van der Waals surface area contributed by atoms with Gasteiger partial charge in [0.1, 0.15) is 0 Å². The smallest absolute Gasteiger partial charge is 0.258 e. The van der Waals surface area contributed by atoms with Gasteiger partial charge in [-0.2, -0.15) is 0 Å². The van der Waals surface area contributed by atoms with Crippen LogP contribution in [0.25, 0.3) is 10.2 Å². The number of thiazole rings is 1. The standard InChI is InChI=1S/C14H9N3O2S/c18-17(19)11-7-5-10(6-8-11)9-15-14-16-12-3-1-2-4-13(12)20-14/h1-9H/b15-9+. The second-order valence-corrected chi connectivity index (χ2v) is 5.08. The van der Waals surface area contributed by atoms with Gasteiger partial charge in [-0.05, 0) is 29.8 Å². The molecule has 20 heavy (non-hydrogen) atoms. The molecule has 0 saturated heterocycles.